The van der Waals surface area contributed by atoms with Crippen LogP contribution in [0.1, 0.15) is 39.0 Å². The van der Waals surface area contributed by atoms with Gasteiger partial charge in [0.2, 0.25) is 0 Å². The lowest BCUT2D eigenvalue weighted by molar-refractivity contribution is 0.253. The summed E-state index contributed by atoms with van der Waals surface area (Å²) in [6.07, 6.45) is 6.03. The van der Waals surface area contributed by atoms with Crippen molar-refractivity contribution in [2.45, 2.75) is 45.1 Å². The van der Waals surface area contributed by atoms with E-state index in [0.29, 0.717) is 5.92 Å². The minimum atomic E-state index is -0.447. The van der Waals surface area contributed by atoms with Gasteiger partial charge in [-0.1, -0.05) is 31.1 Å². The fraction of sp³-hybridized carbons (Fsp3) is 0.800. The van der Waals surface area contributed by atoms with Gasteiger partial charge in [0.15, 0.2) is 0 Å². The number of rotatable bonds is 0. The van der Waals surface area contributed by atoms with Crippen LogP contribution in [0.5, 0.6) is 0 Å². The van der Waals surface area contributed by atoms with E-state index in [9.17, 15) is 0 Å². The maximum Gasteiger partial charge on any atom is 0.111 e. The Morgan fingerprint density at radius 2 is 1.91 bits per heavy atom. The SMILES string of the molecule is C[C@@H](O)C#CC1CCCCC1. The number of aliphatic hydroxyl groups excluding tert-OH is 1. The van der Waals surface area contributed by atoms with E-state index >= 15 is 0 Å². The van der Waals surface area contributed by atoms with E-state index in [1.54, 1.807) is 6.92 Å². The molecule has 0 spiro atoms. The third kappa shape index (κ3) is 3.43. The zero-order chi connectivity index (χ0) is 8.10. The largest absolute Gasteiger partial charge is 0.381 e. The molecule has 1 atom stereocenters. The molecule has 1 saturated carbocycles. The van der Waals surface area contributed by atoms with Crippen LogP contribution in [0, 0.1) is 17.8 Å². The minimum absolute atomic E-state index is 0.447. The molecule has 0 saturated heterocycles. The molecule has 0 bridgehead atoms. The third-order valence-electron chi connectivity index (χ3n) is 2.10. The van der Waals surface area contributed by atoms with Gasteiger partial charge in [-0.15, -0.1) is 0 Å². The molecular weight excluding hydrogens is 136 g/mol. The molecule has 0 aliphatic heterocycles. The molecule has 0 heterocycles. The van der Waals surface area contributed by atoms with Crippen molar-refractivity contribution in [2.75, 3.05) is 0 Å². The minimum Gasteiger partial charge on any atom is -0.381 e. The van der Waals surface area contributed by atoms with Gasteiger partial charge in [0.25, 0.3) is 0 Å². The van der Waals surface area contributed by atoms with Gasteiger partial charge < -0.3 is 5.11 Å². The van der Waals surface area contributed by atoms with E-state index in [1.165, 1.54) is 32.1 Å². The van der Waals surface area contributed by atoms with Crippen LogP contribution in [0.25, 0.3) is 0 Å². The van der Waals surface area contributed by atoms with E-state index < -0.39 is 6.10 Å². The van der Waals surface area contributed by atoms with Gasteiger partial charge in [0, 0.05) is 5.92 Å². The lowest BCUT2D eigenvalue weighted by Crippen LogP contribution is -2.04. The molecular formula is C10H16O. The first-order valence-corrected chi connectivity index (χ1v) is 4.48. The molecule has 1 nitrogen and oxygen atoms in total. The summed E-state index contributed by atoms with van der Waals surface area (Å²) < 4.78 is 0. The summed E-state index contributed by atoms with van der Waals surface area (Å²) in [5, 5.41) is 8.91. The fourth-order valence-electron chi connectivity index (χ4n) is 1.49. The predicted octanol–water partition coefficient (Wildman–Crippen LogP) is 1.95. The highest BCUT2D eigenvalue weighted by Gasteiger charge is 2.09. The molecule has 0 amide bonds. The van der Waals surface area contributed by atoms with Crippen molar-refractivity contribution >= 4 is 0 Å². The average molecular weight is 152 g/mol. The van der Waals surface area contributed by atoms with Crippen molar-refractivity contribution in [3.63, 3.8) is 0 Å². The van der Waals surface area contributed by atoms with Gasteiger partial charge in [0.05, 0.1) is 0 Å². The summed E-state index contributed by atoms with van der Waals surface area (Å²) in [4.78, 5) is 0. The van der Waals surface area contributed by atoms with E-state index in [4.69, 9.17) is 5.11 Å². The lowest BCUT2D eigenvalue weighted by Gasteiger charge is -2.15. The quantitative estimate of drug-likeness (QED) is 0.526. The molecule has 1 fully saturated rings. The summed E-state index contributed by atoms with van der Waals surface area (Å²) >= 11 is 0. The molecule has 1 heteroatoms. The van der Waals surface area contributed by atoms with E-state index in [2.05, 4.69) is 11.8 Å². The summed E-state index contributed by atoms with van der Waals surface area (Å²) in [5.41, 5.74) is 0. The Morgan fingerprint density at radius 1 is 1.27 bits per heavy atom. The Kier molecular flexibility index (Phi) is 3.45. The normalized spacial score (nSPS) is 22.0. The van der Waals surface area contributed by atoms with Gasteiger partial charge in [-0.2, -0.15) is 0 Å². The van der Waals surface area contributed by atoms with Crippen molar-refractivity contribution in [1.82, 2.24) is 0 Å². The molecule has 1 aliphatic rings. The van der Waals surface area contributed by atoms with Crippen molar-refractivity contribution in [1.29, 1.82) is 0 Å². The maximum atomic E-state index is 8.91. The Balaban J connectivity index is 2.31. The monoisotopic (exact) mass is 152 g/mol. The molecule has 0 aromatic rings. The highest BCUT2D eigenvalue weighted by molar-refractivity contribution is 5.07. The van der Waals surface area contributed by atoms with E-state index in [-0.39, 0.29) is 0 Å². The van der Waals surface area contributed by atoms with Crippen LogP contribution >= 0.6 is 0 Å². The zero-order valence-corrected chi connectivity index (χ0v) is 7.14. The Morgan fingerprint density at radius 3 is 2.45 bits per heavy atom. The third-order valence-corrected chi connectivity index (χ3v) is 2.10. The smallest absolute Gasteiger partial charge is 0.111 e. The van der Waals surface area contributed by atoms with Crippen LogP contribution in [0.15, 0.2) is 0 Å². The zero-order valence-electron chi connectivity index (χ0n) is 7.14. The molecule has 1 aliphatic carbocycles. The highest BCUT2D eigenvalue weighted by atomic mass is 16.3. The van der Waals surface area contributed by atoms with E-state index in [0.717, 1.165) is 0 Å². The van der Waals surface area contributed by atoms with Gasteiger partial charge in [-0.05, 0) is 19.8 Å². The summed E-state index contributed by atoms with van der Waals surface area (Å²) in [7, 11) is 0. The molecule has 0 unspecified atom stereocenters. The second kappa shape index (κ2) is 4.41. The van der Waals surface area contributed by atoms with Gasteiger partial charge >= 0.3 is 0 Å². The maximum absolute atomic E-state index is 8.91. The first-order chi connectivity index (χ1) is 5.29. The van der Waals surface area contributed by atoms with Crippen molar-refractivity contribution in [3.8, 4) is 11.8 Å². The molecule has 1 rings (SSSR count). The van der Waals surface area contributed by atoms with Crippen LogP contribution < -0.4 is 0 Å². The number of hydrogen-bond acceptors (Lipinski definition) is 1. The molecule has 11 heavy (non-hydrogen) atoms. The van der Waals surface area contributed by atoms with Crippen LogP contribution in [0.3, 0.4) is 0 Å². The predicted molar refractivity (Wildman–Crippen MR) is 46.0 cm³/mol. The molecule has 1 N–H and O–H groups in total. The number of hydrogen-bond donors (Lipinski definition) is 1. The van der Waals surface area contributed by atoms with Crippen molar-refractivity contribution in [2.24, 2.45) is 5.92 Å². The molecule has 0 aromatic heterocycles. The first-order valence-electron chi connectivity index (χ1n) is 4.48. The summed E-state index contributed by atoms with van der Waals surface area (Å²) in [6.45, 7) is 1.72. The summed E-state index contributed by atoms with van der Waals surface area (Å²) in [5.74, 6) is 6.51. The Bertz CT molecular complexity index is 155. The van der Waals surface area contributed by atoms with Crippen LogP contribution in [0.4, 0.5) is 0 Å². The highest BCUT2D eigenvalue weighted by Crippen LogP contribution is 2.22. The standard InChI is InChI=1S/C10H16O/c1-9(11)7-8-10-5-3-2-4-6-10/h9-11H,2-6H2,1H3/t9-/m1/s1. The van der Waals surface area contributed by atoms with Gasteiger partial charge in [0.1, 0.15) is 6.10 Å². The topological polar surface area (TPSA) is 20.2 Å². The van der Waals surface area contributed by atoms with Crippen LogP contribution in [-0.2, 0) is 0 Å². The van der Waals surface area contributed by atoms with Crippen LogP contribution in [0.2, 0.25) is 0 Å². The second-order valence-electron chi connectivity index (χ2n) is 3.30. The van der Waals surface area contributed by atoms with Gasteiger partial charge in [-0.25, -0.2) is 0 Å². The fourth-order valence-corrected chi connectivity index (χ4v) is 1.49. The average Bonchev–Trinajstić information content (AvgIpc) is 2.03. The van der Waals surface area contributed by atoms with Crippen molar-refractivity contribution in [3.05, 3.63) is 0 Å². The van der Waals surface area contributed by atoms with Crippen molar-refractivity contribution < 1.29 is 5.11 Å². The molecule has 0 aromatic carbocycles. The molecule has 0 radical (unpaired) electrons. The van der Waals surface area contributed by atoms with Crippen LogP contribution in [-0.4, -0.2) is 11.2 Å². The Hall–Kier alpha value is -0.480. The number of aliphatic hydroxyl groups is 1. The van der Waals surface area contributed by atoms with E-state index in [1.807, 2.05) is 0 Å². The lowest BCUT2D eigenvalue weighted by atomic mass is 9.90. The van der Waals surface area contributed by atoms with Gasteiger partial charge in [-0.3, -0.25) is 0 Å². The Labute approximate surface area is 68.8 Å². The first kappa shape index (κ1) is 8.62. The second-order valence-corrected chi connectivity index (χ2v) is 3.30. The molecule has 62 valence electrons. The summed E-state index contributed by atoms with van der Waals surface area (Å²) in [6, 6.07) is 0.